The van der Waals surface area contributed by atoms with Gasteiger partial charge in [-0.15, -0.1) is 0 Å². The molecule has 1 aromatic carbocycles. The lowest BCUT2D eigenvalue weighted by Gasteiger charge is -2.39. The van der Waals surface area contributed by atoms with Gasteiger partial charge >= 0.3 is 0 Å². The molecule has 1 aromatic rings. The number of benzene rings is 1. The highest BCUT2D eigenvalue weighted by Crippen LogP contribution is 2.21. The number of hydrogen-bond acceptors (Lipinski definition) is 2. The molecule has 1 aliphatic heterocycles. The van der Waals surface area contributed by atoms with Crippen LogP contribution >= 0.6 is 12.2 Å². The van der Waals surface area contributed by atoms with Crippen molar-refractivity contribution in [1.82, 2.24) is 10.4 Å². The second kappa shape index (κ2) is 7.23. The normalized spacial score (nSPS) is 23.1. The Morgan fingerprint density at radius 2 is 1.71 bits per heavy atom. The zero-order chi connectivity index (χ0) is 15.4. The van der Waals surface area contributed by atoms with Crippen molar-refractivity contribution in [1.29, 1.82) is 0 Å². The topological polar surface area (TPSA) is 27.3 Å². The Morgan fingerprint density at radius 3 is 2.24 bits per heavy atom. The van der Waals surface area contributed by atoms with Gasteiger partial charge in [-0.2, -0.15) is 0 Å². The van der Waals surface area contributed by atoms with Crippen LogP contribution in [0.1, 0.15) is 58.4 Å². The van der Waals surface area contributed by atoms with E-state index in [0.29, 0.717) is 23.1 Å². The number of thiocarbonyl (C=S) groups is 1. The standard InChI is InChI=1S/C17H27N3S/c1-12(2)15-8-10-16(11-9-15)18-17(21)19-20-13(3)6-5-7-14(20)4/h8-14H,5-7H2,1-4H3,(H2,18,19,21)/t13-,14+. The summed E-state index contributed by atoms with van der Waals surface area (Å²) in [5.41, 5.74) is 5.74. The summed E-state index contributed by atoms with van der Waals surface area (Å²) in [6.07, 6.45) is 3.75. The Bertz CT molecular complexity index is 459. The molecule has 0 spiro atoms. The van der Waals surface area contributed by atoms with Crippen LogP contribution in [-0.4, -0.2) is 22.2 Å². The Morgan fingerprint density at radius 1 is 1.14 bits per heavy atom. The van der Waals surface area contributed by atoms with E-state index in [2.05, 4.69) is 67.7 Å². The third-order valence-electron chi connectivity index (χ3n) is 4.26. The lowest BCUT2D eigenvalue weighted by Crippen LogP contribution is -2.55. The van der Waals surface area contributed by atoms with Crippen LogP contribution in [0.4, 0.5) is 5.69 Å². The van der Waals surface area contributed by atoms with Crippen LogP contribution < -0.4 is 10.7 Å². The molecule has 1 aliphatic rings. The first-order chi connectivity index (χ1) is 9.97. The molecule has 21 heavy (non-hydrogen) atoms. The SMILES string of the molecule is CC(C)c1ccc(NC(=S)NN2[C@H](C)CCC[C@@H]2C)cc1. The fraction of sp³-hybridized carbons (Fsp3) is 0.588. The van der Waals surface area contributed by atoms with Gasteiger partial charge in [-0.05, 0) is 62.5 Å². The van der Waals surface area contributed by atoms with Gasteiger partial charge in [0.1, 0.15) is 0 Å². The first-order valence-corrected chi connectivity index (χ1v) is 8.34. The van der Waals surface area contributed by atoms with Crippen molar-refractivity contribution in [2.24, 2.45) is 0 Å². The molecule has 2 atom stereocenters. The Balaban J connectivity index is 1.91. The zero-order valence-corrected chi connectivity index (χ0v) is 14.3. The zero-order valence-electron chi connectivity index (χ0n) is 13.5. The molecular weight excluding hydrogens is 278 g/mol. The van der Waals surface area contributed by atoms with Gasteiger partial charge in [0.05, 0.1) is 0 Å². The monoisotopic (exact) mass is 305 g/mol. The maximum absolute atomic E-state index is 5.44. The number of nitrogens with one attached hydrogen (secondary N) is 2. The predicted octanol–water partition coefficient (Wildman–Crippen LogP) is 4.27. The van der Waals surface area contributed by atoms with E-state index in [4.69, 9.17) is 12.2 Å². The van der Waals surface area contributed by atoms with E-state index >= 15 is 0 Å². The second-order valence-corrected chi connectivity index (χ2v) is 6.79. The van der Waals surface area contributed by atoms with Gasteiger partial charge in [-0.25, -0.2) is 5.01 Å². The van der Waals surface area contributed by atoms with Crippen LogP contribution in [0.2, 0.25) is 0 Å². The lowest BCUT2D eigenvalue weighted by molar-refractivity contribution is 0.0750. The molecule has 1 heterocycles. The molecular formula is C17H27N3S. The molecule has 4 heteroatoms. The number of hydrazine groups is 1. The molecule has 1 saturated heterocycles. The van der Waals surface area contributed by atoms with Crippen LogP contribution in [0.15, 0.2) is 24.3 Å². The minimum atomic E-state index is 0.525. The van der Waals surface area contributed by atoms with Crippen molar-refractivity contribution in [3.05, 3.63) is 29.8 Å². The summed E-state index contributed by atoms with van der Waals surface area (Å²) in [6.45, 7) is 8.91. The number of piperidine rings is 1. The van der Waals surface area contributed by atoms with Gasteiger partial charge in [0.15, 0.2) is 5.11 Å². The highest BCUT2D eigenvalue weighted by Gasteiger charge is 2.25. The van der Waals surface area contributed by atoms with Crippen molar-refractivity contribution >= 4 is 23.0 Å². The van der Waals surface area contributed by atoms with Crippen LogP contribution in [0.5, 0.6) is 0 Å². The van der Waals surface area contributed by atoms with E-state index in [-0.39, 0.29) is 0 Å². The number of anilines is 1. The molecule has 0 saturated carbocycles. The minimum absolute atomic E-state index is 0.525. The van der Waals surface area contributed by atoms with Crippen LogP contribution in [0, 0.1) is 0 Å². The predicted molar refractivity (Wildman–Crippen MR) is 94.5 cm³/mol. The van der Waals surface area contributed by atoms with Gasteiger partial charge in [0.2, 0.25) is 0 Å². The molecule has 0 aliphatic carbocycles. The molecule has 0 bridgehead atoms. The fourth-order valence-electron chi connectivity index (χ4n) is 2.87. The Labute approximate surface area is 134 Å². The summed E-state index contributed by atoms with van der Waals surface area (Å²) in [4.78, 5) is 0. The number of hydrogen-bond donors (Lipinski definition) is 2. The van der Waals surface area contributed by atoms with Gasteiger partial charge in [-0.3, -0.25) is 5.43 Å². The Hall–Kier alpha value is -1.13. The highest BCUT2D eigenvalue weighted by atomic mass is 32.1. The van der Waals surface area contributed by atoms with E-state index in [9.17, 15) is 0 Å². The summed E-state index contributed by atoms with van der Waals surface area (Å²) in [5, 5.41) is 6.23. The van der Waals surface area contributed by atoms with Crippen LogP contribution in [0.3, 0.4) is 0 Å². The van der Waals surface area contributed by atoms with Crippen LogP contribution in [0.25, 0.3) is 0 Å². The molecule has 3 nitrogen and oxygen atoms in total. The number of rotatable bonds is 3. The maximum Gasteiger partial charge on any atom is 0.185 e. The van der Waals surface area contributed by atoms with Gasteiger partial charge in [0, 0.05) is 17.8 Å². The van der Waals surface area contributed by atoms with Crippen molar-refractivity contribution in [3.63, 3.8) is 0 Å². The summed E-state index contributed by atoms with van der Waals surface area (Å²) in [6, 6.07) is 9.54. The van der Waals surface area contributed by atoms with Crippen molar-refractivity contribution < 1.29 is 0 Å². The van der Waals surface area contributed by atoms with Crippen molar-refractivity contribution in [2.45, 2.75) is 65.0 Å². The quantitative estimate of drug-likeness (QED) is 0.815. The van der Waals surface area contributed by atoms with Gasteiger partial charge < -0.3 is 5.32 Å². The second-order valence-electron chi connectivity index (χ2n) is 6.38. The largest absolute Gasteiger partial charge is 0.332 e. The third-order valence-corrected chi connectivity index (χ3v) is 4.45. The summed E-state index contributed by atoms with van der Waals surface area (Å²) in [5.74, 6) is 0.555. The summed E-state index contributed by atoms with van der Waals surface area (Å²) < 4.78 is 0. The summed E-state index contributed by atoms with van der Waals surface area (Å²) >= 11 is 5.44. The van der Waals surface area contributed by atoms with E-state index < -0.39 is 0 Å². The average molecular weight is 305 g/mol. The lowest BCUT2D eigenvalue weighted by atomic mass is 10.00. The van der Waals surface area contributed by atoms with Crippen molar-refractivity contribution in [3.8, 4) is 0 Å². The maximum atomic E-state index is 5.44. The molecule has 0 radical (unpaired) electrons. The number of nitrogens with zero attached hydrogens (tertiary/aromatic N) is 1. The van der Waals surface area contributed by atoms with E-state index in [1.54, 1.807) is 0 Å². The van der Waals surface area contributed by atoms with E-state index in [1.165, 1.54) is 24.8 Å². The molecule has 116 valence electrons. The van der Waals surface area contributed by atoms with E-state index in [0.717, 1.165) is 5.69 Å². The molecule has 1 fully saturated rings. The van der Waals surface area contributed by atoms with Crippen LogP contribution in [-0.2, 0) is 0 Å². The van der Waals surface area contributed by atoms with Gasteiger partial charge in [-0.1, -0.05) is 32.4 Å². The average Bonchev–Trinajstić information content (AvgIpc) is 2.43. The first-order valence-electron chi connectivity index (χ1n) is 7.93. The van der Waals surface area contributed by atoms with E-state index in [1.807, 2.05) is 0 Å². The van der Waals surface area contributed by atoms with Gasteiger partial charge in [0.25, 0.3) is 0 Å². The smallest absolute Gasteiger partial charge is 0.185 e. The Kier molecular flexibility index (Phi) is 5.59. The molecule has 2 N–H and O–H groups in total. The fourth-order valence-corrected chi connectivity index (χ4v) is 3.09. The highest BCUT2D eigenvalue weighted by molar-refractivity contribution is 7.80. The molecule has 0 unspecified atom stereocenters. The minimum Gasteiger partial charge on any atom is -0.332 e. The first kappa shape index (κ1) is 16.2. The van der Waals surface area contributed by atoms with Crippen molar-refractivity contribution in [2.75, 3.05) is 5.32 Å². The third kappa shape index (κ3) is 4.42. The molecule has 0 aromatic heterocycles. The summed E-state index contributed by atoms with van der Waals surface area (Å²) in [7, 11) is 0. The molecule has 0 amide bonds. The molecule has 2 rings (SSSR count).